The van der Waals surface area contributed by atoms with Gasteiger partial charge in [-0.05, 0) is 31.5 Å². The van der Waals surface area contributed by atoms with Crippen LogP contribution in [0, 0.1) is 6.92 Å². The van der Waals surface area contributed by atoms with Gasteiger partial charge in [0.2, 0.25) is 0 Å². The summed E-state index contributed by atoms with van der Waals surface area (Å²) in [6, 6.07) is 8.07. The number of ketones is 1. The summed E-state index contributed by atoms with van der Waals surface area (Å²) in [6.07, 6.45) is 2.40. The molecule has 1 heterocycles. The van der Waals surface area contributed by atoms with Gasteiger partial charge in [0, 0.05) is 16.5 Å². The van der Waals surface area contributed by atoms with E-state index in [2.05, 4.69) is 15.9 Å². The van der Waals surface area contributed by atoms with Crippen LogP contribution in [0.15, 0.2) is 39.4 Å². The molecule has 0 bridgehead atoms. The standard InChI is InChI=1S/C14H13BrO2/c1-9(16)14-10(2)17-8-12(14)7-11-3-5-13(15)6-4-11/h3-6,8H,7H2,1-2H3. The fourth-order valence-electron chi connectivity index (χ4n) is 1.93. The molecule has 0 atom stereocenters. The molecule has 0 radical (unpaired) electrons. The van der Waals surface area contributed by atoms with Gasteiger partial charge in [-0.15, -0.1) is 0 Å². The molecule has 17 heavy (non-hydrogen) atoms. The van der Waals surface area contributed by atoms with Crippen LogP contribution in [0.25, 0.3) is 0 Å². The van der Waals surface area contributed by atoms with Gasteiger partial charge in [0.1, 0.15) is 5.76 Å². The van der Waals surface area contributed by atoms with E-state index in [9.17, 15) is 4.79 Å². The normalized spacial score (nSPS) is 10.5. The van der Waals surface area contributed by atoms with Crippen molar-refractivity contribution in [3.63, 3.8) is 0 Å². The maximum Gasteiger partial charge on any atom is 0.163 e. The minimum Gasteiger partial charge on any atom is -0.469 e. The number of rotatable bonds is 3. The molecule has 1 aromatic carbocycles. The summed E-state index contributed by atoms with van der Waals surface area (Å²) in [5.74, 6) is 0.757. The van der Waals surface area contributed by atoms with Crippen molar-refractivity contribution >= 4 is 21.7 Å². The number of benzene rings is 1. The summed E-state index contributed by atoms with van der Waals surface area (Å²) in [4.78, 5) is 11.5. The highest BCUT2D eigenvalue weighted by Crippen LogP contribution is 2.21. The summed E-state index contributed by atoms with van der Waals surface area (Å²) in [6.45, 7) is 3.39. The van der Waals surface area contributed by atoms with Crippen LogP contribution in [0.1, 0.15) is 34.2 Å². The first-order chi connectivity index (χ1) is 8.08. The molecule has 2 rings (SSSR count). The number of hydrogen-bond donors (Lipinski definition) is 0. The van der Waals surface area contributed by atoms with Crippen LogP contribution < -0.4 is 0 Å². The van der Waals surface area contributed by atoms with Crippen molar-refractivity contribution in [2.75, 3.05) is 0 Å². The van der Waals surface area contributed by atoms with Gasteiger partial charge >= 0.3 is 0 Å². The zero-order valence-electron chi connectivity index (χ0n) is 9.79. The second kappa shape index (κ2) is 4.88. The Morgan fingerprint density at radius 1 is 1.29 bits per heavy atom. The molecule has 0 aliphatic heterocycles. The maximum atomic E-state index is 11.5. The lowest BCUT2D eigenvalue weighted by Gasteiger charge is -2.01. The first-order valence-electron chi connectivity index (χ1n) is 5.40. The molecule has 0 saturated carbocycles. The zero-order valence-corrected chi connectivity index (χ0v) is 11.4. The van der Waals surface area contributed by atoms with Gasteiger partial charge in [-0.25, -0.2) is 0 Å². The van der Waals surface area contributed by atoms with E-state index in [4.69, 9.17) is 4.42 Å². The van der Waals surface area contributed by atoms with Crippen molar-refractivity contribution in [2.45, 2.75) is 20.3 Å². The molecular formula is C14H13BrO2. The van der Waals surface area contributed by atoms with E-state index in [0.29, 0.717) is 11.3 Å². The fourth-order valence-corrected chi connectivity index (χ4v) is 2.19. The molecule has 2 aromatic rings. The van der Waals surface area contributed by atoms with Crippen LogP contribution in [0.2, 0.25) is 0 Å². The number of hydrogen-bond acceptors (Lipinski definition) is 2. The van der Waals surface area contributed by atoms with Crippen LogP contribution in [0.3, 0.4) is 0 Å². The number of halogens is 1. The van der Waals surface area contributed by atoms with E-state index in [0.717, 1.165) is 22.0 Å². The van der Waals surface area contributed by atoms with Crippen LogP contribution in [-0.2, 0) is 6.42 Å². The van der Waals surface area contributed by atoms with E-state index in [1.165, 1.54) is 0 Å². The Kier molecular flexibility index (Phi) is 3.48. The monoisotopic (exact) mass is 292 g/mol. The Labute approximate surface area is 109 Å². The van der Waals surface area contributed by atoms with Crippen LogP contribution in [0.5, 0.6) is 0 Å². The van der Waals surface area contributed by atoms with E-state index in [-0.39, 0.29) is 5.78 Å². The number of carbonyl (C=O) groups excluding carboxylic acids is 1. The van der Waals surface area contributed by atoms with Crippen molar-refractivity contribution in [2.24, 2.45) is 0 Å². The average molecular weight is 293 g/mol. The van der Waals surface area contributed by atoms with Crippen molar-refractivity contribution in [3.8, 4) is 0 Å². The van der Waals surface area contributed by atoms with Crippen LogP contribution in [0.4, 0.5) is 0 Å². The summed E-state index contributed by atoms with van der Waals surface area (Å²) < 4.78 is 6.38. The molecule has 0 aliphatic carbocycles. The molecule has 0 amide bonds. The molecule has 1 aromatic heterocycles. The largest absolute Gasteiger partial charge is 0.469 e. The zero-order chi connectivity index (χ0) is 12.4. The molecule has 0 spiro atoms. The minimum atomic E-state index is 0.0587. The Bertz CT molecular complexity index is 538. The highest BCUT2D eigenvalue weighted by Gasteiger charge is 2.14. The average Bonchev–Trinajstić information content (AvgIpc) is 2.63. The Hall–Kier alpha value is -1.35. The molecule has 0 unspecified atom stereocenters. The van der Waals surface area contributed by atoms with Gasteiger partial charge in [-0.3, -0.25) is 4.79 Å². The van der Waals surface area contributed by atoms with Gasteiger partial charge in [0.05, 0.1) is 11.8 Å². The first kappa shape index (κ1) is 12.1. The van der Waals surface area contributed by atoms with Gasteiger partial charge in [0.25, 0.3) is 0 Å². The maximum absolute atomic E-state index is 11.5. The molecule has 88 valence electrons. The van der Waals surface area contributed by atoms with E-state index in [1.54, 1.807) is 13.2 Å². The number of Topliss-reactive ketones (excluding diaryl/α,β-unsaturated/α-hetero) is 1. The van der Waals surface area contributed by atoms with Gasteiger partial charge in [-0.1, -0.05) is 28.1 Å². The van der Waals surface area contributed by atoms with Crippen LogP contribution >= 0.6 is 15.9 Å². The third-order valence-electron chi connectivity index (χ3n) is 2.71. The first-order valence-corrected chi connectivity index (χ1v) is 6.19. The third kappa shape index (κ3) is 2.67. The van der Waals surface area contributed by atoms with Gasteiger partial charge in [0.15, 0.2) is 5.78 Å². The molecule has 3 heteroatoms. The lowest BCUT2D eigenvalue weighted by atomic mass is 10.0. The van der Waals surface area contributed by atoms with E-state index >= 15 is 0 Å². The number of carbonyl (C=O) groups is 1. The predicted molar refractivity (Wildman–Crippen MR) is 70.4 cm³/mol. The highest BCUT2D eigenvalue weighted by molar-refractivity contribution is 9.10. The summed E-state index contributed by atoms with van der Waals surface area (Å²) in [7, 11) is 0. The van der Waals surface area contributed by atoms with Crippen LogP contribution in [-0.4, -0.2) is 5.78 Å². The lowest BCUT2D eigenvalue weighted by molar-refractivity contribution is 0.101. The van der Waals surface area contributed by atoms with Crippen molar-refractivity contribution < 1.29 is 9.21 Å². The summed E-state index contributed by atoms with van der Waals surface area (Å²) >= 11 is 3.40. The SMILES string of the molecule is CC(=O)c1c(Cc2ccc(Br)cc2)coc1C. The molecule has 0 saturated heterocycles. The minimum absolute atomic E-state index is 0.0587. The Morgan fingerprint density at radius 3 is 2.53 bits per heavy atom. The summed E-state index contributed by atoms with van der Waals surface area (Å²) in [5, 5.41) is 0. The quantitative estimate of drug-likeness (QED) is 0.796. The second-order valence-corrected chi connectivity index (χ2v) is 4.97. The van der Waals surface area contributed by atoms with E-state index < -0.39 is 0 Å². The fraction of sp³-hybridized carbons (Fsp3) is 0.214. The molecular weight excluding hydrogens is 280 g/mol. The van der Waals surface area contributed by atoms with Crippen molar-refractivity contribution in [1.29, 1.82) is 0 Å². The topological polar surface area (TPSA) is 30.2 Å². The smallest absolute Gasteiger partial charge is 0.163 e. The lowest BCUT2D eigenvalue weighted by Crippen LogP contribution is -1.98. The molecule has 0 fully saturated rings. The predicted octanol–water partition coefficient (Wildman–Crippen LogP) is 4.14. The molecule has 2 nitrogen and oxygen atoms in total. The van der Waals surface area contributed by atoms with Crippen molar-refractivity contribution in [3.05, 3.63) is 57.5 Å². The Morgan fingerprint density at radius 2 is 1.94 bits per heavy atom. The third-order valence-corrected chi connectivity index (χ3v) is 3.24. The van der Waals surface area contributed by atoms with Gasteiger partial charge < -0.3 is 4.42 Å². The number of furan rings is 1. The second-order valence-electron chi connectivity index (χ2n) is 4.05. The van der Waals surface area contributed by atoms with E-state index in [1.807, 2.05) is 31.2 Å². The van der Waals surface area contributed by atoms with Crippen molar-refractivity contribution in [1.82, 2.24) is 0 Å². The van der Waals surface area contributed by atoms with Gasteiger partial charge in [-0.2, -0.15) is 0 Å². The number of aryl methyl sites for hydroxylation is 1. The highest BCUT2D eigenvalue weighted by atomic mass is 79.9. The molecule has 0 N–H and O–H groups in total. The molecule has 0 aliphatic rings. The summed E-state index contributed by atoms with van der Waals surface area (Å²) in [5.41, 5.74) is 2.83. The Balaban J connectivity index is 2.30.